The van der Waals surface area contributed by atoms with Crippen LogP contribution >= 0.6 is 0 Å². The first-order chi connectivity index (χ1) is 5.41. The van der Waals surface area contributed by atoms with Gasteiger partial charge in [-0.05, 0) is 6.08 Å². The minimum absolute atomic E-state index is 0.740. The zero-order valence-corrected chi connectivity index (χ0v) is 6.58. The first-order valence-corrected chi connectivity index (χ1v) is 3.49. The van der Waals surface area contributed by atoms with Gasteiger partial charge in [-0.3, -0.25) is 0 Å². The minimum Gasteiger partial charge on any atom is -0.348 e. The van der Waals surface area contributed by atoms with Gasteiger partial charge in [0, 0.05) is 12.8 Å². The first kappa shape index (κ1) is 9.80. The lowest BCUT2D eigenvalue weighted by Gasteiger charge is -1.78. The molecule has 0 amide bonds. The van der Waals surface area contributed by atoms with Crippen molar-refractivity contribution < 1.29 is 10.1 Å². The highest BCUT2D eigenvalue weighted by molar-refractivity contribution is 5.08. The Bertz CT molecular complexity index is 181. The van der Waals surface area contributed by atoms with Gasteiger partial charge in [0.05, 0.1) is 0 Å². The summed E-state index contributed by atoms with van der Waals surface area (Å²) in [6, 6.07) is 0. The molecule has 0 aromatic carbocycles. The maximum absolute atomic E-state index is 7.86. The van der Waals surface area contributed by atoms with E-state index in [9.17, 15) is 0 Å². The second kappa shape index (κ2) is 8.80. The molecule has 0 saturated carbocycles. The zero-order chi connectivity index (χ0) is 8.36. The third kappa shape index (κ3) is 8.80. The predicted molar refractivity (Wildman–Crippen MR) is 44.7 cm³/mol. The molecule has 0 saturated heterocycles. The van der Waals surface area contributed by atoms with Gasteiger partial charge in [0.2, 0.25) is 0 Å². The summed E-state index contributed by atoms with van der Waals surface area (Å²) in [6.45, 7) is 2.01. The van der Waals surface area contributed by atoms with Gasteiger partial charge >= 0.3 is 0 Å². The molecular weight excluding hydrogens is 140 g/mol. The zero-order valence-electron chi connectivity index (χ0n) is 6.58. The summed E-state index contributed by atoms with van der Waals surface area (Å²) in [5.74, 6) is 5.87. The molecule has 0 rings (SSSR count). The van der Waals surface area contributed by atoms with E-state index in [1.165, 1.54) is 6.26 Å². The quantitative estimate of drug-likeness (QED) is 0.221. The molecular formula is C9H12O2. The van der Waals surface area contributed by atoms with Crippen molar-refractivity contribution in [2.24, 2.45) is 0 Å². The Balaban J connectivity index is 3.37. The lowest BCUT2D eigenvalue weighted by atomic mass is 10.3. The Morgan fingerprint density at radius 3 is 2.82 bits per heavy atom. The molecule has 0 fully saturated rings. The standard InChI is InChI=1S/C9H12O2/c1-2-3-4-5-6-7-8-9-11-10/h6-10H,2,5H2,1H3/b7-6-,9-8+. The smallest absolute Gasteiger partial charge is 0.129 e. The molecule has 0 aromatic heterocycles. The highest BCUT2D eigenvalue weighted by Crippen LogP contribution is 1.82. The van der Waals surface area contributed by atoms with Crippen molar-refractivity contribution in [1.29, 1.82) is 0 Å². The lowest BCUT2D eigenvalue weighted by Crippen LogP contribution is -1.63. The monoisotopic (exact) mass is 152 g/mol. The summed E-state index contributed by atoms with van der Waals surface area (Å²) in [6.07, 6.45) is 8.06. The maximum Gasteiger partial charge on any atom is 0.129 e. The van der Waals surface area contributed by atoms with Gasteiger partial charge in [0.1, 0.15) is 6.26 Å². The fourth-order valence-corrected chi connectivity index (χ4v) is 0.483. The Morgan fingerprint density at radius 2 is 2.18 bits per heavy atom. The predicted octanol–water partition coefficient (Wildman–Crippen LogP) is 2.35. The van der Waals surface area contributed by atoms with Crippen LogP contribution in [0.4, 0.5) is 0 Å². The molecule has 0 bridgehead atoms. The van der Waals surface area contributed by atoms with Crippen LogP contribution in [0.1, 0.15) is 19.8 Å². The molecule has 2 heteroatoms. The molecule has 0 radical (unpaired) electrons. The van der Waals surface area contributed by atoms with E-state index >= 15 is 0 Å². The Labute approximate surface area is 67.1 Å². The molecule has 0 atom stereocenters. The maximum atomic E-state index is 7.86. The van der Waals surface area contributed by atoms with Crippen LogP contribution in [0.2, 0.25) is 0 Å². The average Bonchev–Trinajstić information content (AvgIpc) is 2.03. The molecule has 0 aliphatic carbocycles. The molecule has 11 heavy (non-hydrogen) atoms. The summed E-state index contributed by atoms with van der Waals surface area (Å²) in [4.78, 5) is 3.70. The first-order valence-electron chi connectivity index (χ1n) is 3.49. The number of allylic oxidation sites excluding steroid dienone is 3. The fourth-order valence-electron chi connectivity index (χ4n) is 0.483. The Kier molecular flexibility index (Phi) is 7.84. The van der Waals surface area contributed by atoms with E-state index < -0.39 is 0 Å². The van der Waals surface area contributed by atoms with Crippen LogP contribution in [0, 0.1) is 11.8 Å². The van der Waals surface area contributed by atoms with E-state index in [2.05, 4.69) is 16.7 Å². The third-order valence-electron chi connectivity index (χ3n) is 0.908. The fraction of sp³-hybridized carbons (Fsp3) is 0.333. The second-order valence-electron chi connectivity index (χ2n) is 1.77. The van der Waals surface area contributed by atoms with Crippen molar-refractivity contribution in [2.45, 2.75) is 19.8 Å². The van der Waals surface area contributed by atoms with Crippen molar-refractivity contribution >= 4 is 0 Å². The summed E-state index contributed by atoms with van der Waals surface area (Å²) in [5.41, 5.74) is 0. The number of rotatable bonds is 3. The van der Waals surface area contributed by atoms with E-state index in [0.29, 0.717) is 0 Å². The largest absolute Gasteiger partial charge is 0.348 e. The Morgan fingerprint density at radius 1 is 1.36 bits per heavy atom. The molecule has 0 unspecified atom stereocenters. The highest BCUT2D eigenvalue weighted by atomic mass is 17.1. The van der Waals surface area contributed by atoms with Crippen LogP contribution < -0.4 is 0 Å². The molecule has 0 aromatic rings. The van der Waals surface area contributed by atoms with Crippen LogP contribution in [-0.4, -0.2) is 5.26 Å². The summed E-state index contributed by atoms with van der Waals surface area (Å²) in [7, 11) is 0. The van der Waals surface area contributed by atoms with E-state index in [1.54, 1.807) is 12.2 Å². The average molecular weight is 152 g/mol. The van der Waals surface area contributed by atoms with Crippen LogP contribution in [0.5, 0.6) is 0 Å². The van der Waals surface area contributed by atoms with Crippen molar-refractivity contribution in [3.8, 4) is 11.8 Å². The summed E-state index contributed by atoms with van der Waals surface area (Å²) in [5, 5.41) is 7.86. The SMILES string of the molecule is CCC#CC/C=C\C=C\OO. The van der Waals surface area contributed by atoms with Crippen molar-refractivity contribution in [3.05, 3.63) is 24.5 Å². The molecule has 0 spiro atoms. The molecule has 0 aliphatic heterocycles. The van der Waals surface area contributed by atoms with Crippen molar-refractivity contribution in [3.63, 3.8) is 0 Å². The topological polar surface area (TPSA) is 29.5 Å². The van der Waals surface area contributed by atoms with Crippen LogP contribution in [0.15, 0.2) is 24.5 Å². The molecule has 2 nitrogen and oxygen atoms in total. The van der Waals surface area contributed by atoms with Gasteiger partial charge in [-0.2, -0.15) is 0 Å². The van der Waals surface area contributed by atoms with Gasteiger partial charge < -0.3 is 4.89 Å². The Hall–Kier alpha value is -1.20. The van der Waals surface area contributed by atoms with Crippen LogP contribution in [0.3, 0.4) is 0 Å². The second-order valence-corrected chi connectivity index (χ2v) is 1.77. The van der Waals surface area contributed by atoms with Crippen LogP contribution in [0.25, 0.3) is 0 Å². The minimum atomic E-state index is 0.740. The van der Waals surface area contributed by atoms with Crippen molar-refractivity contribution in [1.82, 2.24) is 0 Å². The number of hydrogen-bond acceptors (Lipinski definition) is 2. The lowest BCUT2D eigenvalue weighted by molar-refractivity contribution is -0.186. The van der Waals surface area contributed by atoms with E-state index in [1.807, 2.05) is 13.0 Å². The molecule has 1 N–H and O–H groups in total. The van der Waals surface area contributed by atoms with Gasteiger partial charge in [-0.1, -0.05) is 25.0 Å². The normalized spacial score (nSPS) is 10.0. The van der Waals surface area contributed by atoms with E-state index in [0.717, 1.165) is 12.8 Å². The molecule has 60 valence electrons. The third-order valence-corrected chi connectivity index (χ3v) is 0.908. The van der Waals surface area contributed by atoms with E-state index in [-0.39, 0.29) is 0 Å². The van der Waals surface area contributed by atoms with E-state index in [4.69, 9.17) is 5.26 Å². The number of hydrogen-bond donors (Lipinski definition) is 1. The van der Waals surface area contributed by atoms with Gasteiger partial charge in [-0.25, -0.2) is 5.26 Å². The van der Waals surface area contributed by atoms with Crippen molar-refractivity contribution in [2.75, 3.05) is 0 Å². The van der Waals surface area contributed by atoms with Gasteiger partial charge in [0.15, 0.2) is 0 Å². The summed E-state index contributed by atoms with van der Waals surface area (Å²) < 4.78 is 0. The van der Waals surface area contributed by atoms with Crippen LogP contribution in [-0.2, 0) is 4.89 Å². The van der Waals surface area contributed by atoms with Gasteiger partial charge in [0.25, 0.3) is 0 Å². The van der Waals surface area contributed by atoms with Gasteiger partial charge in [-0.15, -0.1) is 5.92 Å². The molecule has 0 heterocycles. The highest BCUT2D eigenvalue weighted by Gasteiger charge is 1.67. The summed E-state index contributed by atoms with van der Waals surface area (Å²) >= 11 is 0. The molecule has 0 aliphatic rings.